The number of aliphatic hydroxyl groups excluding tert-OH is 1. The monoisotopic (exact) mass is 369 g/mol. The van der Waals surface area contributed by atoms with Crippen molar-refractivity contribution in [1.29, 1.82) is 0 Å². The summed E-state index contributed by atoms with van der Waals surface area (Å²) < 4.78 is 0. The van der Waals surface area contributed by atoms with Crippen molar-refractivity contribution in [3.05, 3.63) is 60.7 Å². The molecular weight excluding hydrogens is 342 g/mol. The van der Waals surface area contributed by atoms with E-state index >= 15 is 0 Å². The van der Waals surface area contributed by atoms with Crippen LogP contribution in [-0.4, -0.2) is 42.7 Å². The summed E-state index contributed by atoms with van der Waals surface area (Å²) in [6.45, 7) is 2.56. The van der Waals surface area contributed by atoms with E-state index in [2.05, 4.69) is 0 Å². The number of para-hydroxylation sites is 2. The molecule has 3 N–H and O–H groups in total. The van der Waals surface area contributed by atoms with Gasteiger partial charge in [-0.2, -0.15) is 0 Å². The van der Waals surface area contributed by atoms with E-state index in [0.29, 0.717) is 18.7 Å². The smallest absolute Gasteiger partial charge is 0.246 e. The zero-order chi connectivity index (χ0) is 19.6. The van der Waals surface area contributed by atoms with Crippen LogP contribution in [0.5, 0.6) is 0 Å². The maximum absolute atomic E-state index is 13.1. The molecule has 0 saturated heterocycles. The number of carbonyl (C=O) groups excluding carboxylic acids is 2. The number of amides is 2. The van der Waals surface area contributed by atoms with Crippen molar-refractivity contribution in [2.24, 2.45) is 5.73 Å². The van der Waals surface area contributed by atoms with Gasteiger partial charge in [0, 0.05) is 30.9 Å². The van der Waals surface area contributed by atoms with Crippen molar-refractivity contribution in [2.45, 2.75) is 25.9 Å². The molecule has 1 unspecified atom stereocenters. The number of primary amides is 1. The van der Waals surface area contributed by atoms with Gasteiger partial charge in [-0.15, -0.1) is 0 Å². The lowest BCUT2D eigenvalue weighted by molar-refractivity contribution is -0.118. The van der Waals surface area contributed by atoms with Crippen molar-refractivity contribution >= 4 is 23.2 Å². The fourth-order valence-corrected chi connectivity index (χ4v) is 2.76. The van der Waals surface area contributed by atoms with Crippen LogP contribution in [0.25, 0.3) is 0 Å². The van der Waals surface area contributed by atoms with E-state index in [1.807, 2.05) is 72.5 Å². The van der Waals surface area contributed by atoms with Gasteiger partial charge in [-0.05, 0) is 30.7 Å². The molecule has 1 atom stereocenters. The van der Waals surface area contributed by atoms with E-state index in [1.165, 1.54) is 0 Å². The van der Waals surface area contributed by atoms with Gasteiger partial charge in [-0.25, -0.2) is 0 Å². The van der Waals surface area contributed by atoms with Gasteiger partial charge in [-0.3, -0.25) is 9.59 Å². The third kappa shape index (κ3) is 6.42. The summed E-state index contributed by atoms with van der Waals surface area (Å²) in [6, 6.07) is 18.7. The molecule has 0 heterocycles. The minimum atomic E-state index is -0.534. The normalized spacial score (nSPS) is 11.6. The first-order chi connectivity index (χ1) is 13.0. The standard InChI is InChI=1S/C21H27N3O3/c1-2-19(25)15-23(17-9-5-3-6-10-17)16-21(27)24(14-13-20(22)26)18-11-7-4-8-12-18/h3-12,19,25H,2,13-16H2,1H3,(H2,22,26). The molecule has 0 aliphatic rings. The van der Waals surface area contributed by atoms with Crippen LogP contribution in [0.2, 0.25) is 0 Å². The predicted octanol–water partition coefficient (Wildman–Crippen LogP) is 2.17. The number of rotatable bonds is 10. The molecule has 6 nitrogen and oxygen atoms in total. The SMILES string of the molecule is CCC(O)CN(CC(=O)N(CCC(N)=O)c1ccccc1)c1ccccc1. The molecule has 0 spiro atoms. The lowest BCUT2D eigenvalue weighted by Gasteiger charge is -2.30. The van der Waals surface area contributed by atoms with Crippen molar-refractivity contribution in [1.82, 2.24) is 0 Å². The molecule has 0 aliphatic carbocycles. The number of benzene rings is 2. The average Bonchev–Trinajstić information content (AvgIpc) is 2.68. The van der Waals surface area contributed by atoms with Crippen LogP contribution in [-0.2, 0) is 9.59 Å². The van der Waals surface area contributed by atoms with E-state index in [0.717, 1.165) is 5.69 Å². The first kappa shape index (κ1) is 20.5. The van der Waals surface area contributed by atoms with Crippen LogP contribution in [0, 0.1) is 0 Å². The van der Waals surface area contributed by atoms with Gasteiger partial charge < -0.3 is 20.6 Å². The first-order valence-electron chi connectivity index (χ1n) is 9.13. The number of hydrogen-bond donors (Lipinski definition) is 2. The third-order valence-corrected chi connectivity index (χ3v) is 4.30. The molecule has 144 valence electrons. The lowest BCUT2D eigenvalue weighted by atomic mass is 10.2. The second-order valence-electron chi connectivity index (χ2n) is 6.38. The Balaban J connectivity index is 2.21. The van der Waals surface area contributed by atoms with Gasteiger partial charge in [0.1, 0.15) is 0 Å². The van der Waals surface area contributed by atoms with E-state index in [9.17, 15) is 14.7 Å². The van der Waals surface area contributed by atoms with Gasteiger partial charge >= 0.3 is 0 Å². The second-order valence-corrected chi connectivity index (χ2v) is 6.38. The van der Waals surface area contributed by atoms with Crippen LogP contribution in [0.1, 0.15) is 19.8 Å². The summed E-state index contributed by atoms with van der Waals surface area (Å²) in [5, 5.41) is 10.1. The number of anilines is 2. The first-order valence-corrected chi connectivity index (χ1v) is 9.13. The van der Waals surface area contributed by atoms with Gasteiger partial charge in [0.05, 0.1) is 12.6 Å². The van der Waals surface area contributed by atoms with Crippen molar-refractivity contribution < 1.29 is 14.7 Å². The van der Waals surface area contributed by atoms with Crippen LogP contribution >= 0.6 is 0 Å². The summed E-state index contributed by atoms with van der Waals surface area (Å²) in [4.78, 5) is 27.7. The zero-order valence-electron chi connectivity index (χ0n) is 15.6. The Morgan fingerprint density at radius 3 is 2.07 bits per heavy atom. The highest BCUT2D eigenvalue weighted by atomic mass is 16.3. The third-order valence-electron chi connectivity index (χ3n) is 4.30. The number of nitrogens with two attached hydrogens (primary N) is 1. The number of hydrogen-bond acceptors (Lipinski definition) is 4. The number of nitrogens with zero attached hydrogens (tertiary/aromatic N) is 2. The van der Waals surface area contributed by atoms with Crippen molar-refractivity contribution in [3.8, 4) is 0 Å². The van der Waals surface area contributed by atoms with Crippen LogP contribution in [0.4, 0.5) is 11.4 Å². The van der Waals surface area contributed by atoms with E-state index < -0.39 is 12.0 Å². The highest BCUT2D eigenvalue weighted by Crippen LogP contribution is 2.18. The molecule has 0 bridgehead atoms. The Morgan fingerprint density at radius 1 is 1.00 bits per heavy atom. The lowest BCUT2D eigenvalue weighted by Crippen LogP contribution is -2.44. The number of aliphatic hydroxyl groups is 1. The van der Waals surface area contributed by atoms with E-state index in [1.54, 1.807) is 4.90 Å². The molecule has 2 aromatic rings. The molecule has 0 aliphatic heterocycles. The second kappa shape index (κ2) is 10.3. The summed E-state index contributed by atoms with van der Waals surface area (Å²) in [5.74, 6) is -0.611. The molecular formula is C21H27N3O3. The van der Waals surface area contributed by atoms with Crippen molar-refractivity contribution in [3.63, 3.8) is 0 Å². The highest BCUT2D eigenvalue weighted by molar-refractivity contribution is 5.97. The van der Waals surface area contributed by atoms with Gasteiger partial charge in [-0.1, -0.05) is 43.3 Å². The maximum Gasteiger partial charge on any atom is 0.246 e. The molecule has 2 rings (SSSR count). The molecule has 0 fully saturated rings. The van der Waals surface area contributed by atoms with Crippen LogP contribution in [0.15, 0.2) is 60.7 Å². The summed E-state index contributed by atoms with van der Waals surface area (Å²) in [6.07, 6.45) is 0.152. The van der Waals surface area contributed by atoms with Gasteiger partial charge in [0.2, 0.25) is 11.8 Å². The summed E-state index contributed by atoms with van der Waals surface area (Å²) in [7, 11) is 0. The molecule has 0 aromatic heterocycles. The predicted molar refractivity (Wildman–Crippen MR) is 108 cm³/mol. The van der Waals surface area contributed by atoms with E-state index in [-0.39, 0.29) is 25.4 Å². The van der Waals surface area contributed by atoms with Crippen molar-refractivity contribution in [2.75, 3.05) is 29.4 Å². The Labute approximate surface area is 160 Å². The Bertz CT molecular complexity index is 722. The van der Waals surface area contributed by atoms with E-state index in [4.69, 9.17) is 5.73 Å². The zero-order valence-corrected chi connectivity index (χ0v) is 15.6. The Hall–Kier alpha value is -2.86. The fraction of sp³-hybridized carbons (Fsp3) is 0.333. The molecule has 6 heteroatoms. The van der Waals surface area contributed by atoms with Crippen LogP contribution in [0.3, 0.4) is 0 Å². The summed E-state index contributed by atoms with van der Waals surface area (Å²) in [5.41, 5.74) is 6.85. The van der Waals surface area contributed by atoms with Gasteiger partial charge in [0.15, 0.2) is 0 Å². The highest BCUT2D eigenvalue weighted by Gasteiger charge is 2.21. The minimum Gasteiger partial charge on any atom is -0.391 e. The van der Waals surface area contributed by atoms with Gasteiger partial charge in [0.25, 0.3) is 0 Å². The molecule has 2 amide bonds. The maximum atomic E-state index is 13.1. The molecule has 27 heavy (non-hydrogen) atoms. The molecule has 2 aromatic carbocycles. The average molecular weight is 369 g/mol. The molecule has 0 radical (unpaired) electrons. The Kier molecular flexibility index (Phi) is 7.82. The topological polar surface area (TPSA) is 86.9 Å². The fourth-order valence-electron chi connectivity index (χ4n) is 2.76. The Morgan fingerprint density at radius 2 is 1.56 bits per heavy atom. The largest absolute Gasteiger partial charge is 0.391 e. The quantitative estimate of drug-likeness (QED) is 0.672. The van der Waals surface area contributed by atoms with Crippen LogP contribution < -0.4 is 15.5 Å². The molecule has 0 saturated carbocycles. The minimum absolute atomic E-state index is 0.0869. The number of carbonyl (C=O) groups is 2. The summed E-state index contributed by atoms with van der Waals surface area (Å²) >= 11 is 0.